The molecule has 70 valence electrons. The number of rotatable bonds is 4. The Labute approximate surface area is 81.3 Å². The standard InChI is InChI=1S/C13H18/c1-4-6-12-7-9-13(10-8-12)11(3)5-2/h7-10H,3-6H2,1-2H3. The monoisotopic (exact) mass is 174 g/mol. The number of hydrogen-bond donors (Lipinski definition) is 0. The van der Waals surface area contributed by atoms with Gasteiger partial charge in [0.2, 0.25) is 0 Å². The topological polar surface area (TPSA) is 0 Å². The average molecular weight is 174 g/mol. The summed E-state index contributed by atoms with van der Waals surface area (Å²) in [5.41, 5.74) is 3.93. The highest BCUT2D eigenvalue weighted by molar-refractivity contribution is 5.63. The lowest BCUT2D eigenvalue weighted by Gasteiger charge is -2.04. The van der Waals surface area contributed by atoms with E-state index in [-0.39, 0.29) is 0 Å². The van der Waals surface area contributed by atoms with Gasteiger partial charge in [-0.05, 0) is 29.5 Å². The van der Waals surface area contributed by atoms with E-state index < -0.39 is 0 Å². The molecule has 0 N–H and O–H groups in total. The van der Waals surface area contributed by atoms with Crippen LogP contribution in [0.5, 0.6) is 0 Å². The van der Waals surface area contributed by atoms with E-state index in [4.69, 9.17) is 0 Å². The smallest absolute Gasteiger partial charge is 0.0230 e. The van der Waals surface area contributed by atoms with Crippen LogP contribution < -0.4 is 0 Å². The highest BCUT2D eigenvalue weighted by Gasteiger charge is 1.96. The summed E-state index contributed by atoms with van der Waals surface area (Å²) in [7, 11) is 0. The molecule has 0 saturated heterocycles. The van der Waals surface area contributed by atoms with E-state index in [2.05, 4.69) is 44.7 Å². The molecule has 1 aromatic rings. The van der Waals surface area contributed by atoms with Crippen molar-refractivity contribution >= 4 is 5.57 Å². The van der Waals surface area contributed by atoms with E-state index in [1.54, 1.807) is 0 Å². The molecule has 0 radical (unpaired) electrons. The molecule has 0 atom stereocenters. The molecule has 0 aromatic heterocycles. The van der Waals surface area contributed by atoms with Gasteiger partial charge in [-0.3, -0.25) is 0 Å². The molecule has 0 spiro atoms. The number of allylic oxidation sites excluding steroid dienone is 1. The fraction of sp³-hybridized carbons (Fsp3) is 0.385. The maximum atomic E-state index is 4.02. The van der Waals surface area contributed by atoms with Gasteiger partial charge in [0, 0.05) is 0 Å². The summed E-state index contributed by atoms with van der Waals surface area (Å²) in [5, 5.41) is 0. The van der Waals surface area contributed by atoms with Gasteiger partial charge < -0.3 is 0 Å². The molecular weight excluding hydrogens is 156 g/mol. The zero-order chi connectivity index (χ0) is 9.68. The van der Waals surface area contributed by atoms with E-state index in [9.17, 15) is 0 Å². The van der Waals surface area contributed by atoms with Gasteiger partial charge in [0.15, 0.2) is 0 Å². The summed E-state index contributed by atoms with van der Waals surface area (Å²) in [6.07, 6.45) is 3.43. The van der Waals surface area contributed by atoms with Crippen LogP contribution >= 0.6 is 0 Å². The van der Waals surface area contributed by atoms with Gasteiger partial charge in [0.25, 0.3) is 0 Å². The van der Waals surface area contributed by atoms with Crippen LogP contribution in [0.2, 0.25) is 0 Å². The second kappa shape index (κ2) is 4.86. The summed E-state index contributed by atoms with van der Waals surface area (Å²) in [6, 6.07) is 8.77. The van der Waals surface area contributed by atoms with Gasteiger partial charge in [-0.2, -0.15) is 0 Å². The summed E-state index contributed by atoms with van der Waals surface area (Å²) in [4.78, 5) is 0. The number of hydrogen-bond acceptors (Lipinski definition) is 0. The second-order valence-electron chi connectivity index (χ2n) is 3.40. The lowest BCUT2D eigenvalue weighted by molar-refractivity contribution is 0.921. The van der Waals surface area contributed by atoms with Gasteiger partial charge >= 0.3 is 0 Å². The third kappa shape index (κ3) is 2.73. The quantitative estimate of drug-likeness (QED) is 0.645. The van der Waals surface area contributed by atoms with E-state index in [1.165, 1.54) is 29.5 Å². The van der Waals surface area contributed by atoms with Gasteiger partial charge in [-0.25, -0.2) is 0 Å². The minimum absolute atomic E-state index is 1.03. The third-order valence-electron chi connectivity index (χ3n) is 2.33. The van der Waals surface area contributed by atoms with Crippen LogP contribution in [0.25, 0.3) is 5.57 Å². The SMILES string of the molecule is C=C(CC)c1ccc(CCC)cc1. The summed E-state index contributed by atoms with van der Waals surface area (Å²) >= 11 is 0. The van der Waals surface area contributed by atoms with Crippen molar-refractivity contribution in [2.75, 3.05) is 0 Å². The van der Waals surface area contributed by atoms with Gasteiger partial charge in [-0.15, -0.1) is 0 Å². The molecule has 0 bridgehead atoms. The van der Waals surface area contributed by atoms with Crippen LogP contribution in [0.4, 0.5) is 0 Å². The van der Waals surface area contributed by atoms with Crippen LogP contribution in [-0.4, -0.2) is 0 Å². The third-order valence-corrected chi connectivity index (χ3v) is 2.33. The Kier molecular flexibility index (Phi) is 3.75. The summed E-state index contributed by atoms with van der Waals surface area (Å²) < 4.78 is 0. The minimum atomic E-state index is 1.03. The van der Waals surface area contributed by atoms with Crippen molar-refractivity contribution in [1.82, 2.24) is 0 Å². The molecule has 0 saturated carbocycles. The maximum Gasteiger partial charge on any atom is -0.0230 e. The lowest BCUT2D eigenvalue weighted by atomic mass is 10.0. The van der Waals surface area contributed by atoms with Crippen LogP contribution in [0.15, 0.2) is 30.8 Å². The first-order valence-corrected chi connectivity index (χ1v) is 5.05. The molecule has 0 nitrogen and oxygen atoms in total. The van der Waals surface area contributed by atoms with Crippen molar-refractivity contribution < 1.29 is 0 Å². The van der Waals surface area contributed by atoms with Crippen molar-refractivity contribution in [2.45, 2.75) is 33.1 Å². The summed E-state index contributed by atoms with van der Waals surface area (Å²) in [5.74, 6) is 0. The molecule has 0 aliphatic heterocycles. The van der Waals surface area contributed by atoms with E-state index in [0.717, 1.165) is 6.42 Å². The zero-order valence-corrected chi connectivity index (χ0v) is 8.64. The number of aryl methyl sites for hydroxylation is 1. The average Bonchev–Trinajstić information content (AvgIpc) is 2.18. The molecule has 1 rings (SSSR count). The first-order chi connectivity index (χ1) is 6.27. The predicted octanol–water partition coefficient (Wildman–Crippen LogP) is 4.06. The Morgan fingerprint density at radius 3 is 2.23 bits per heavy atom. The van der Waals surface area contributed by atoms with Crippen molar-refractivity contribution in [3.8, 4) is 0 Å². The first-order valence-electron chi connectivity index (χ1n) is 5.05. The largest absolute Gasteiger partial charge is 0.0952 e. The Morgan fingerprint density at radius 1 is 1.15 bits per heavy atom. The molecule has 0 aliphatic carbocycles. The van der Waals surface area contributed by atoms with Crippen LogP contribution in [0.3, 0.4) is 0 Å². The van der Waals surface area contributed by atoms with E-state index in [1.807, 2.05) is 0 Å². The Morgan fingerprint density at radius 2 is 1.77 bits per heavy atom. The normalized spacial score (nSPS) is 10.0. The predicted molar refractivity (Wildman–Crippen MR) is 59.8 cm³/mol. The minimum Gasteiger partial charge on any atom is -0.0952 e. The molecule has 0 amide bonds. The van der Waals surface area contributed by atoms with E-state index >= 15 is 0 Å². The van der Waals surface area contributed by atoms with Crippen molar-refractivity contribution in [3.05, 3.63) is 42.0 Å². The Balaban J connectivity index is 2.75. The van der Waals surface area contributed by atoms with Crippen LogP contribution in [-0.2, 0) is 6.42 Å². The van der Waals surface area contributed by atoms with Crippen LogP contribution in [0.1, 0.15) is 37.8 Å². The van der Waals surface area contributed by atoms with Gasteiger partial charge in [-0.1, -0.05) is 51.1 Å². The number of benzene rings is 1. The molecule has 0 heterocycles. The molecule has 0 unspecified atom stereocenters. The lowest BCUT2D eigenvalue weighted by Crippen LogP contribution is -1.85. The Bertz CT molecular complexity index is 267. The fourth-order valence-electron chi connectivity index (χ4n) is 1.40. The highest BCUT2D eigenvalue weighted by Crippen LogP contribution is 2.16. The van der Waals surface area contributed by atoms with E-state index in [0.29, 0.717) is 0 Å². The maximum absolute atomic E-state index is 4.02. The van der Waals surface area contributed by atoms with Crippen molar-refractivity contribution in [2.24, 2.45) is 0 Å². The second-order valence-corrected chi connectivity index (χ2v) is 3.40. The molecular formula is C13H18. The molecule has 0 fully saturated rings. The molecule has 0 heteroatoms. The molecule has 13 heavy (non-hydrogen) atoms. The van der Waals surface area contributed by atoms with Crippen molar-refractivity contribution in [1.29, 1.82) is 0 Å². The van der Waals surface area contributed by atoms with Gasteiger partial charge in [0.1, 0.15) is 0 Å². The summed E-state index contributed by atoms with van der Waals surface area (Å²) in [6.45, 7) is 8.37. The highest BCUT2D eigenvalue weighted by atomic mass is 14.0. The molecule has 1 aromatic carbocycles. The van der Waals surface area contributed by atoms with Crippen molar-refractivity contribution in [3.63, 3.8) is 0 Å². The first kappa shape index (κ1) is 10.0. The van der Waals surface area contributed by atoms with Crippen LogP contribution in [0, 0.1) is 0 Å². The molecule has 0 aliphatic rings. The van der Waals surface area contributed by atoms with Gasteiger partial charge in [0.05, 0.1) is 0 Å². The Hall–Kier alpha value is -1.04. The zero-order valence-electron chi connectivity index (χ0n) is 8.64. The fourth-order valence-corrected chi connectivity index (χ4v) is 1.40.